The van der Waals surface area contributed by atoms with Gasteiger partial charge in [-0.15, -0.1) is 0 Å². The number of hydrogen-bond acceptors (Lipinski definition) is 1. The largest absolute Gasteiger partial charge is 0.297 e. The molecule has 1 saturated carbocycles. The molecule has 2 nitrogen and oxygen atoms in total. The summed E-state index contributed by atoms with van der Waals surface area (Å²) in [4.78, 5) is 0. The highest BCUT2D eigenvalue weighted by atomic mass is 31.2. The van der Waals surface area contributed by atoms with Crippen LogP contribution in [0.15, 0.2) is 60.7 Å². The Morgan fingerprint density at radius 2 is 1.50 bits per heavy atom. The summed E-state index contributed by atoms with van der Waals surface area (Å²) >= 11 is 0. The van der Waals surface area contributed by atoms with Gasteiger partial charge in [0.1, 0.15) is 0 Å². The minimum Gasteiger partial charge on any atom is -0.297 e. The first-order valence-electron chi connectivity index (χ1n) is 10.2. The van der Waals surface area contributed by atoms with Crippen molar-refractivity contribution in [3.8, 4) is 0 Å². The molecular formula is C23H32NOP. The van der Waals surface area contributed by atoms with Crippen molar-refractivity contribution in [3.63, 3.8) is 0 Å². The smallest absolute Gasteiger partial charge is 0.204 e. The van der Waals surface area contributed by atoms with Gasteiger partial charge in [-0.3, -0.25) is 9.65 Å². The van der Waals surface area contributed by atoms with Crippen molar-refractivity contribution in [2.45, 2.75) is 64.3 Å². The maximum atomic E-state index is 14.3. The highest BCUT2D eigenvalue weighted by molar-refractivity contribution is 7.76. The van der Waals surface area contributed by atoms with Crippen LogP contribution in [0.1, 0.15) is 58.3 Å². The van der Waals surface area contributed by atoms with Crippen LogP contribution in [0.4, 0.5) is 0 Å². The van der Waals surface area contributed by atoms with E-state index in [4.69, 9.17) is 0 Å². The van der Waals surface area contributed by atoms with Crippen LogP contribution in [0.3, 0.4) is 0 Å². The lowest BCUT2D eigenvalue weighted by atomic mass is 9.96. The van der Waals surface area contributed by atoms with Crippen LogP contribution < -0.4 is 15.7 Å². The molecule has 0 radical (unpaired) electrons. The molecule has 0 spiro atoms. The molecule has 26 heavy (non-hydrogen) atoms. The molecule has 0 amide bonds. The Bertz CT molecular complexity index is 651. The average molecular weight is 369 g/mol. The van der Waals surface area contributed by atoms with Gasteiger partial charge >= 0.3 is 0 Å². The molecule has 3 heteroatoms. The van der Waals surface area contributed by atoms with Crippen LogP contribution >= 0.6 is 7.29 Å². The second-order valence-corrected chi connectivity index (χ2v) is 10.1. The average Bonchev–Trinajstić information content (AvgIpc) is 3.20. The van der Waals surface area contributed by atoms with E-state index in [0.29, 0.717) is 6.04 Å². The zero-order valence-electron chi connectivity index (χ0n) is 15.9. The second-order valence-electron chi connectivity index (χ2n) is 7.63. The highest BCUT2D eigenvalue weighted by Gasteiger charge is 2.31. The number of unbranched alkanes of at least 4 members (excludes halogenated alkanes) is 1. The van der Waals surface area contributed by atoms with Gasteiger partial charge in [-0.25, -0.2) is 0 Å². The lowest BCUT2D eigenvalue weighted by Crippen LogP contribution is -2.36. The molecule has 2 aromatic carbocycles. The number of nitrogens with one attached hydrogen (secondary N) is 1. The van der Waals surface area contributed by atoms with E-state index in [2.05, 4.69) is 12.0 Å². The Morgan fingerprint density at radius 3 is 2.00 bits per heavy atom. The fraction of sp³-hybridized carbons (Fsp3) is 0.478. The summed E-state index contributed by atoms with van der Waals surface area (Å²) in [6.07, 6.45) is 10.0. The summed E-state index contributed by atoms with van der Waals surface area (Å²) < 4.78 is 14.3. The third-order valence-electron chi connectivity index (χ3n) is 5.60. The Kier molecular flexibility index (Phi) is 7.11. The number of rotatable bonds is 9. The Hall–Kier alpha value is -1.37. The van der Waals surface area contributed by atoms with E-state index < -0.39 is 7.29 Å². The van der Waals surface area contributed by atoms with Gasteiger partial charge in [0.25, 0.3) is 0 Å². The van der Waals surface area contributed by atoms with Crippen LogP contribution in [0.2, 0.25) is 0 Å². The van der Waals surface area contributed by atoms with Crippen molar-refractivity contribution in [3.05, 3.63) is 60.7 Å². The van der Waals surface area contributed by atoms with Crippen molar-refractivity contribution >= 4 is 17.9 Å². The van der Waals surface area contributed by atoms with E-state index in [9.17, 15) is 4.57 Å². The summed E-state index contributed by atoms with van der Waals surface area (Å²) in [5.74, 6) is 0.796. The van der Waals surface area contributed by atoms with E-state index in [0.717, 1.165) is 29.4 Å². The maximum Gasteiger partial charge on any atom is 0.204 e. The molecule has 1 aliphatic rings. The predicted molar refractivity (Wildman–Crippen MR) is 113 cm³/mol. The van der Waals surface area contributed by atoms with E-state index in [1.807, 2.05) is 60.7 Å². The highest BCUT2D eigenvalue weighted by Crippen LogP contribution is 2.41. The van der Waals surface area contributed by atoms with Gasteiger partial charge in [0.2, 0.25) is 7.29 Å². The van der Waals surface area contributed by atoms with Crippen molar-refractivity contribution in [1.82, 2.24) is 5.09 Å². The summed E-state index contributed by atoms with van der Waals surface area (Å²) in [7, 11) is -2.83. The molecule has 140 valence electrons. The molecule has 0 saturated heterocycles. The summed E-state index contributed by atoms with van der Waals surface area (Å²) in [6, 6.07) is 20.3. The van der Waals surface area contributed by atoms with E-state index >= 15 is 0 Å². The molecule has 1 aliphatic carbocycles. The molecule has 1 atom stereocenters. The number of benzene rings is 2. The Balaban J connectivity index is 1.88. The first kappa shape index (κ1) is 19.4. The molecule has 0 unspecified atom stereocenters. The third-order valence-corrected chi connectivity index (χ3v) is 8.38. The quantitative estimate of drug-likeness (QED) is 0.579. The van der Waals surface area contributed by atoms with Gasteiger partial charge in [0.05, 0.1) is 0 Å². The predicted octanol–water partition coefficient (Wildman–Crippen LogP) is 5.64. The van der Waals surface area contributed by atoms with Crippen LogP contribution in [0, 0.1) is 5.92 Å². The molecule has 1 fully saturated rings. The van der Waals surface area contributed by atoms with Crippen molar-refractivity contribution in [2.75, 3.05) is 0 Å². The summed E-state index contributed by atoms with van der Waals surface area (Å²) in [5, 5.41) is 5.51. The minimum absolute atomic E-state index is 0.323. The van der Waals surface area contributed by atoms with Crippen molar-refractivity contribution < 1.29 is 4.57 Å². The first-order valence-corrected chi connectivity index (χ1v) is 11.9. The molecule has 1 N–H and O–H groups in total. The van der Waals surface area contributed by atoms with Gasteiger partial charge in [-0.05, 0) is 43.0 Å². The SMILES string of the molecule is CCCC[C@@H](CC1CCCC1)NP(=O)(c1ccccc1)c1ccccc1. The molecule has 0 aromatic heterocycles. The summed E-state index contributed by atoms with van der Waals surface area (Å²) in [6.45, 7) is 2.24. The molecule has 3 rings (SSSR count). The maximum absolute atomic E-state index is 14.3. The van der Waals surface area contributed by atoms with Crippen molar-refractivity contribution in [2.24, 2.45) is 5.92 Å². The lowest BCUT2D eigenvalue weighted by Gasteiger charge is -2.28. The van der Waals surface area contributed by atoms with Crippen LogP contribution in [0.25, 0.3) is 0 Å². The van der Waals surface area contributed by atoms with Crippen LogP contribution in [0.5, 0.6) is 0 Å². The normalized spacial score (nSPS) is 16.7. The zero-order valence-corrected chi connectivity index (χ0v) is 16.8. The van der Waals surface area contributed by atoms with Crippen LogP contribution in [-0.4, -0.2) is 6.04 Å². The van der Waals surface area contributed by atoms with Crippen molar-refractivity contribution in [1.29, 1.82) is 0 Å². The lowest BCUT2D eigenvalue weighted by molar-refractivity contribution is 0.398. The number of hydrogen-bond donors (Lipinski definition) is 1. The third kappa shape index (κ3) is 4.87. The second kappa shape index (κ2) is 9.53. The summed E-state index contributed by atoms with van der Waals surface area (Å²) in [5.41, 5.74) is 0. The van der Waals surface area contributed by atoms with Crippen LogP contribution in [-0.2, 0) is 4.57 Å². The van der Waals surface area contributed by atoms with E-state index in [1.54, 1.807) is 0 Å². The van der Waals surface area contributed by atoms with E-state index in [-0.39, 0.29) is 0 Å². The molecule has 0 heterocycles. The standard InChI is InChI=1S/C23H32NOP/c1-2-3-14-21(19-20-12-10-11-13-20)24-26(25,22-15-6-4-7-16-22)23-17-8-5-9-18-23/h4-9,15-18,20-21H,2-3,10-14,19H2,1H3,(H,24,25)/t21-/m0/s1. The minimum atomic E-state index is -2.83. The van der Waals surface area contributed by atoms with Gasteiger partial charge in [0, 0.05) is 16.7 Å². The zero-order chi connectivity index (χ0) is 18.2. The van der Waals surface area contributed by atoms with Gasteiger partial charge in [-0.2, -0.15) is 0 Å². The molecule has 0 bridgehead atoms. The molecule has 0 aliphatic heterocycles. The Labute approximate surface area is 158 Å². The molecule has 2 aromatic rings. The first-order chi connectivity index (χ1) is 12.7. The molecular weight excluding hydrogens is 337 g/mol. The van der Waals surface area contributed by atoms with Gasteiger partial charge < -0.3 is 0 Å². The fourth-order valence-electron chi connectivity index (χ4n) is 4.17. The fourth-order valence-corrected chi connectivity index (χ4v) is 6.69. The van der Waals surface area contributed by atoms with Gasteiger partial charge in [-0.1, -0.05) is 81.8 Å². The monoisotopic (exact) mass is 369 g/mol. The Morgan fingerprint density at radius 1 is 0.962 bits per heavy atom. The van der Waals surface area contributed by atoms with Gasteiger partial charge in [0.15, 0.2) is 0 Å². The topological polar surface area (TPSA) is 29.1 Å². The van der Waals surface area contributed by atoms with E-state index in [1.165, 1.54) is 38.5 Å².